The van der Waals surface area contributed by atoms with Crippen molar-refractivity contribution in [1.29, 1.82) is 0 Å². The van der Waals surface area contributed by atoms with Crippen molar-refractivity contribution in [3.05, 3.63) is 69.6 Å². The molecule has 1 nitrogen and oxygen atoms in total. The molecule has 4 rings (SSSR count). The van der Waals surface area contributed by atoms with Crippen LogP contribution in [-0.2, 0) is 6.42 Å². The maximum atomic E-state index is 13.9. The lowest BCUT2D eigenvalue weighted by molar-refractivity contribution is 0.630. The van der Waals surface area contributed by atoms with Gasteiger partial charge in [-0.05, 0) is 60.4 Å². The number of nitrogens with one attached hydrogen (secondary N) is 1. The topological polar surface area (TPSA) is 15.8 Å². The van der Waals surface area contributed by atoms with Crippen LogP contribution in [0.1, 0.15) is 73.8 Å². The Morgan fingerprint density at radius 3 is 2.58 bits per heavy atom. The zero-order valence-electron chi connectivity index (χ0n) is 15.4. The van der Waals surface area contributed by atoms with Gasteiger partial charge in [0.1, 0.15) is 5.82 Å². The van der Waals surface area contributed by atoms with E-state index in [0.717, 1.165) is 36.1 Å². The van der Waals surface area contributed by atoms with E-state index >= 15 is 0 Å². The fourth-order valence-corrected chi connectivity index (χ4v) is 4.06. The Morgan fingerprint density at radius 2 is 1.92 bits per heavy atom. The lowest BCUT2D eigenvalue weighted by Gasteiger charge is -2.14. The summed E-state index contributed by atoms with van der Waals surface area (Å²) in [5.74, 6) is 0.650. The van der Waals surface area contributed by atoms with E-state index in [1.54, 1.807) is 6.07 Å². The number of benzene rings is 2. The summed E-state index contributed by atoms with van der Waals surface area (Å²) in [6.45, 7) is 4.42. The summed E-state index contributed by atoms with van der Waals surface area (Å²) in [7, 11) is 0. The molecule has 3 aromatic rings. The van der Waals surface area contributed by atoms with Crippen molar-refractivity contribution in [2.45, 2.75) is 57.8 Å². The number of H-pyrrole nitrogens is 1. The van der Waals surface area contributed by atoms with E-state index in [1.165, 1.54) is 41.3 Å². The van der Waals surface area contributed by atoms with Crippen LogP contribution < -0.4 is 0 Å². The number of hydrogen-bond donors (Lipinski definition) is 1. The molecule has 1 heterocycles. The van der Waals surface area contributed by atoms with Crippen LogP contribution in [0.4, 0.5) is 4.39 Å². The highest BCUT2D eigenvalue weighted by atomic mass is 35.5. The fourth-order valence-electron chi connectivity index (χ4n) is 3.90. The second-order valence-electron chi connectivity index (χ2n) is 7.60. The van der Waals surface area contributed by atoms with E-state index < -0.39 is 0 Å². The van der Waals surface area contributed by atoms with E-state index in [9.17, 15) is 4.39 Å². The highest BCUT2D eigenvalue weighted by molar-refractivity contribution is 6.31. The Hall–Kier alpha value is -1.80. The highest BCUT2D eigenvalue weighted by Crippen LogP contribution is 2.41. The number of hydrogen-bond acceptors (Lipinski definition) is 0. The summed E-state index contributed by atoms with van der Waals surface area (Å²) >= 11 is 6.06. The van der Waals surface area contributed by atoms with Crippen molar-refractivity contribution >= 4 is 22.5 Å². The Morgan fingerprint density at radius 1 is 1.19 bits per heavy atom. The molecular weight excluding hydrogens is 345 g/mol. The Balaban J connectivity index is 1.75. The second-order valence-corrected chi connectivity index (χ2v) is 8.00. The van der Waals surface area contributed by atoms with Gasteiger partial charge in [-0.3, -0.25) is 0 Å². The third-order valence-corrected chi connectivity index (χ3v) is 5.97. The monoisotopic (exact) mass is 369 g/mol. The molecule has 0 bridgehead atoms. The quantitative estimate of drug-likeness (QED) is 0.468. The van der Waals surface area contributed by atoms with E-state index in [-0.39, 0.29) is 16.8 Å². The van der Waals surface area contributed by atoms with Crippen molar-refractivity contribution in [2.75, 3.05) is 0 Å². The first-order valence-electron chi connectivity index (χ1n) is 9.67. The number of aromatic amines is 1. The summed E-state index contributed by atoms with van der Waals surface area (Å²) in [6, 6.07) is 12.4. The molecule has 0 amide bonds. The fraction of sp³-hybridized carbons (Fsp3) is 0.391. The molecule has 0 spiro atoms. The average Bonchev–Trinajstić information content (AvgIpc) is 3.44. The first-order chi connectivity index (χ1) is 12.6. The molecule has 1 aromatic heterocycles. The normalized spacial score (nSPS) is 15.5. The molecule has 0 radical (unpaired) electrons. The van der Waals surface area contributed by atoms with Crippen molar-refractivity contribution in [3.63, 3.8) is 0 Å². The van der Waals surface area contributed by atoms with Crippen LogP contribution in [0.5, 0.6) is 0 Å². The van der Waals surface area contributed by atoms with Crippen LogP contribution in [0, 0.1) is 5.82 Å². The van der Waals surface area contributed by atoms with Crippen LogP contribution in [0.25, 0.3) is 10.9 Å². The molecule has 1 saturated carbocycles. The lowest BCUT2D eigenvalue weighted by Crippen LogP contribution is -2.01. The van der Waals surface area contributed by atoms with Gasteiger partial charge >= 0.3 is 0 Å². The summed E-state index contributed by atoms with van der Waals surface area (Å²) < 4.78 is 13.9. The summed E-state index contributed by atoms with van der Waals surface area (Å²) in [6.07, 6.45) is 5.88. The van der Waals surface area contributed by atoms with Crippen LogP contribution >= 0.6 is 11.6 Å². The average molecular weight is 370 g/mol. The molecule has 0 saturated heterocycles. The minimum absolute atomic E-state index is 0.197. The summed E-state index contributed by atoms with van der Waals surface area (Å²) in [5.41, 5.74) is 6.06. The number of halogens is 2. The minimum atomic E-state index is -0.365. The standard InChI is InChI=1S/C23H25ClFN/c1-3-4-5-18-19-12-20(24)21(25)13-22(19)26-23(18)14(2)15-6-8-16(9-7-15)17-10-11-17/h6-9,12-14,17,26H,3-5,10-11H2,1-2H3. The van der Waals surface area contributed by atoms with Crippen LogP contribution in [0.15, 0.2) is 36.4 Å². The Bertz CT molecular complexity index is 922. The number of fused-ring (bicyclic) bond motifs is 1. The molecule has 1 aliphatic rings. The van der Waals surface area contributed by atoms with Gasteiger partial charge < -0.3 is 4.98 Å². The van der Waals surface area contributed by atoms with E-state index in [1.807, 2.05) is 0 Å². The zero-order valence-corrected chi connectivity index (χ0v) is 16.2. The number of unbranched alkanes of at least 4 members (excludes halogenated alkanes) is 1. The van der Waals surface area contributed by atoms with Crippen LogP contribution in [0.3, 0.4) is 0 Å². The van der Waals surface area contributed by atoms with Gasteiger partial charge in [0, 0.05) is 22.5 Å². The smallest absolute Gasteiger partial charge is 0.143 e. The summed E-state index contributed by atoms with van der Waals surface area (Å²) in [5, 5.41) is 1.25. The van der Waals surface area contributed by atoms with Crippen LogP contribution in [0.2, 0.25) is 5.02 Å². The Kier molecular flexibility index (Phi) is 4.79. The maximum Gasteiger partial charge on any atom is 0.143 e. The predicted octanol–water partition coefficient (Wildman–Crippen LogP) is 7.33. The van der Waals surface area contributed by atoms with Gasteiger partial charge in [-0.15, -0.1) is 0 Å². The third kappa shape index (κ3) is 3.27. The SMILES string of the molecule is CCCCc1c(C(C)c2ccc(C3CC3)cc2)[nH]c2cc(F)c(Cl)cc12. The molecule has 0 aliphatic heterocycles. The molecule has 136 valence electrons. The lowest BCUT2D eigenvalue weighted by atomic mass is 9.91. The van der Waals surface area contributed by atoms with Gasteiger partial charge in [0.15, 0.2) is 0 Å². The van der Waals surface area contributed by atoms with E-state index in [0.29, 0.717) is 0 Å². The minimum Gasteiger partial charge on any atom is -0.358 e. The molecule has 26 heavy (non-hydrogen) atoms. The molecule has 1 unspecified atom stereocenters. The highest BCUT2D eigenvalue weighted by Gasteiger charge is 2.24. The van der Waals surface area contributed by atoms with Gasteiger partial charge in [-0.25, -0.2) is 4.39 Å². The van der Waals surface area contributed by atoms with Crippen molar-refractivity contribution in [2.24, 2.45) is 0 Å². The van der Waals surface area contributed by atoms with Gasteiger partial charge in [-0.2, -0.15) is 0 Å². The first-order valence-corrected chi connectivity index (χ1v) is 10.1. The molecule has 1 aliphatic carbocycles. The first kappa shape index (κ1) is 17.6. The molecular formula is C23H25ClFN. The van der Waals surface area contributed by atoms with Crippen molar-refractivity contribution in [1.82, 2.24) is 4.98 Å². The maximum absolute atomic E-state index is 13.9. The zero-order chi connectivity index (χ0) is 18.3. The van der Waals surface area contributed by atoms with Gasteiger partial charge in [-0.1, -0.05) is 56.1 Å². The molecule has 1 fully saturated rings. The number of rotatable bonds is 6. The van der Waals surface area contributed by atoms with Crippen molar-refractivity contribution < 1.29 is 4.39 Å². The van der Waals surface area contributed by atoms with Gasteiger partial charge in [0.05, 0.1) is 5.02 Å². The largest absolute Gasteiger partial charge is 0.358 e. The second kappa shape index (κ2) is 7.08. The van der Waals surface area contributed by atoms with Gasteiger partial charge in [0.25, 0.3) is 0 Å². The van der Waals surface area contributed by atoms with Crippen molar-refractivity contribution in [3.8, 4) is 0 Å². The Labute approximate surface area is 159 Å². The van der Waals surface area contributed by atoms with Gasteiger partial charge in [0.2, 0.25) is 0 Å². The summed E-state index contributed by atoms with van der Waals surface area (Å²) in [4.78, 5) is 3.49. The molecule has 2 aromatic carbocycles. The van der Waals surface area contributed by atoms with E-state index in [4.69, 9.17) is 11.6 Å². The van der Waals surface area contributed by atoms with E-state index in [2.05, 4.69) is 43.1 Å². The molecule has 3 heteroatoms. The molecule has 1 N–H and O–H groups in total. The third-order valence-electron chi connectivity index (χ3n) is 5.68. The van der Waals surface area contributed by atoms with Crippen LogP contribution in [-0.4, -0.2) is 4.98 Å². The predicted molar refractivity (Wildman–Crippen MR) is 108 cm³/mol. The number of aromatic nitrogens is 1. The molecule has 1 atom stereocenters. The number of aryl methyl sites for hydroxylation is 1.